The number of halogens is 1. The first-order chi connectivity index (χ1) is 13.2. The van der Waals surface area contributed by atoms with Crippen LogP contribution in [0.25, 0.3) is 39.5 Å². The lowest BCUT2D eigenvalue weighted by Crippen LogP contribution is -1.98. The molecule has 132 valence electrons. The van der Waals surface area contributed by atoms with Crippen LogP contribution in [0.3, 0.4) is 0 Å². The molecule has 0 spiro atoms. The van der Waals surface area contributed by atoms with E-state index in [9.17, 15) is 4.39 Å². The molecule has 0 unspecified atom stereocenters. The normalized spacial score (nSPS) is 10.7. The third-order valence-corrected chi connectivity index (χ3v) is 4.21. The summed E-state index contributed by atoms with van der Waals surface area (Å²) in [4.78, 5) is 9.24. The number of ether oxygens (including phenoxy) is 1. The molecular weight excluding hydrogens is 343 g/mol. The van der Waals surface area contributed by atoms with Crippen LogP contribution in [0.2, 0.25) is 0 Å². The van der Waals surface area contributed by atoms with Crippen molar-refractivity contribution in [1.82, 2.24) is 20.2 Å². The topological polar surface area (TPSA) is 60.8 Å². The first-order valence-corrected chi connectivity index (χ1v) is 8.25. The average molecular weight is 358 g/mol. The van der Waals surface area contributed by atoms with E-state index in [2.05, 4.69) is 26.7 Å². The van der Waals surface area contributed by atoms with Gasteiger partial charge < -0.3 is 4.74 Å². The average Bonchev–Trinajstić information content (AvgIpc) is 2.72. The molecule has 4 aromatic rings. The Bertz CT molecular complexity index is 1150. The van der Waals surface area contributed by atoms with E-state index in [1.807, 2.05) is 18.2 Å². The van der Waals surface area contributed by atoms with Crippen molar-refractivity contribution in [2.75, 3.05) is 7.11 Å². The smallest absolute Gasteiger partial charge is 0.162 e. The van der Waals surface area contributed by atoms with Crippen LogP contribution in [0.15, 0.2) is 61.4 Å². The molecule has 0 aliphatic carbocycles. The molecule has 2 aromatic heterocycles. The molecule has 0 saturated heterocycles. The van der Waals surface area contributed by atoms with Gasteiger partial charge in [0.05, 0.1) is 25.2 Å². The van der Waals surface area contributed by atoms with Crippen molar-refractivity contribution in [3.8, 4) is 28.3 Å². The zero-order valence-corrected chi connectivity index (χ0v) is 14.6. The van der Waals surface area contributed by atoms with Gasteiger partial charge in [-0.3, -0.25) is 0 Å². The Morgan fingerprint density at radius 3 is 2.59 bits per heavy atom. The quantitative estimate of drug-likeness (QED) is 0.536. The van der Waals surface area contributed by atoms with Crippen molar-refractivity contribution >= 4 is 17.0 Å². The Kier molecular flexibility index (Phi) is 4.30. The number of nitrogens with zero attached hydrogens (tertiary/aromatic N) is 4. The minimum absolute atomic E-state index is 0.299. The van der Waals surface area contributed by atoms with Crippen LogP contribution >= 0.6 is 0 Å². The van der Waals surface area contributed by atoms with Crippen LogP contribution in [0.5, 0.6) is 5.75 Å². The Balaban J connectivity index is 1.99. The highest BCUT2D eigenvalue weighted by atomic mass is 19.1. The molecule has 2 aromatic carbocycles. The second-order valence-electron chi connectivity index (χ2n) is 5.85. The molecule has 5 nitrogen and oxygen atoms in total. The number of benzene rings is 2. The molecule has 0 fully saturated rings. The van der Waals surface area contributed by atoms with E-state index in [1.165, 1.54) is 12.1 Å². The molecule has 0 saturated carbocycles. The summed E-state index contributed by atoms with van der Waals surface area (Å²) < 4.78 is 19.2. The van der Waals surface area contributed by atoms with Gasteiger partial charge in [-0.15, -0.1) is 0 Å². The fourth-order valence-electron chi connectivity index (χ4n) is 2.92. The molecule has 0 aliphatic rings. The Labute approximate surface area is 155 Å². The summed E-state index contributed by atoms with van der Waals surface area (Å²) >= 11 is 0. The SMILES string of the molecule is C=Cc1nc(-c2ccnnc2)nc2c(OC)cc(-c3cccc(F)c3)cc12. The zero-order chi connectivity index (χ0) is 18.8. The molecule has 0 atom stereocenters. The molecule has 0 amide bonds. The number of rotatable bonds is 4. The van der Waals surface area contributed by atoms with E-state index in [4.69, 9.17) is 4.74 Å². The maximum absolute atomic E-state index is 13.7. The van der Waals surface area contributed by atoms with Crippen molar-refractivity contribution in [2.24, 2.45) is 0 Å². The van der Waals surface area contributed by atoms with Crippen molar-refractivity contribution < 1.29 is 9.13 Å². The van der Waals surface area contributed by atoms with Gasteiger partial charge in [-0.2, -0.15) is 10.2 Å². The highest BCUT2D eigenvalue weighted by Gasteiger charge is 2.14. The Morgan fingerprint density at radius 2 is 1.89 bits per heavy atom. The number of methoxy groups -OCH3 is 1. The van der Waals surface area contributed by atoms with Crippen LogP contribution in [0.4, 0.5) is 4.39 Å². The number of aromatic nitrogens is 4. The molecule has 4 rings (SSSR count). The highest BCUT2D eigenvalue weighted by Crippen LogP contribution is 2.34. The maximum Gasteiger partial charge on any atom is 0.162 e. The summed E-state index contributed by atoms with van der Waals surface area (Å²) in [5, 5.41) is 8.43. The summed E-state index contributed by atoms with van der Waals surface area (Å²) in [7, 11) is 1.58. The molecule has 0 bridgehead atoms. The molecule has 27 heavy (non-hydrogen) atoms. The van der Waals surface area contributed by atoms with E-state index in [0.717, 1.165) is 22.1 Å². The van der Waals surface area contributed by atoms with Gasteiger partial charge in [0.25, 0.3) is 0 Å². The number of fused-ring (bicyclic) bond motifs is 1. The lowest BCUT2D eigenvalue weighted by molar-refractivity contribution is 0.419. The predicted octanol–water partition coefficient (Wildman–Crippen LogP) is 4.54. The summed E-state index contributed by atoms with van der Waals surface area (Å²) in [5.41, 5.74) is 3.60. The van der Waals surface area contributed by atoms with Gasteiger partial charge in [0.2, 0.25) is 0 Å². The van der Waals surface area contributed by atoms with Gasteiger partial charge in [-0.05, 0) is 47.5 Å². The molecule has 6 heteroatoms. The number of hydrogen-bond donors (Lipinski definition) is 0. The van der Waals surface area contributed by atoms with E-state index in [0.29, 0.717) is 22.8 Å². The van der Waals surface area contributed by atoms with E-state index in [-0.39, 0.29) is 5.82 Å². The summed E-state index contributed by atoms with van der Waals surface area (Å²) in [6, 6.07) is 11.9. The fourth-order valence-corrected chi connectivity index (χ4v) is 2.92. The fraction of sp³-hybridized carbons (Fsp3) is 0.0476. The van der Waals surface area contributed by atoms with Gasteiger partial charge >= 0.3 is 0 Å². The molecule has 0 N–H and O–H groups in total. The predicted molar refractivity (Wildman–Crippen MR) is 103 cm³/mol. The summed E-state index contributed by atoms with van der Waals surface area (Å²) in [5.74, 6) is 0.775. The first-order valence-electron chi connectivity index (χ1n) is 8.25. The van der Waals surface area contributed by atoms with Crippen LogP contribution in [-0.2, 0) is 0 Å². The van der Waals surface area contributed by atoms with Gasteiger partial charge in [0.15, 0.2) is 5.82 Å². The van der Waals surface area contributed by atoms with E-state index < -0.39 is 0 Å². The minimum Gasteiger partial charge on any atom is -0.494 e. The van der Waals surface area contributed by atoms with E-state index in [1.54, 1.807) is 37.7 Å². The lowest BCUT2D eigenvalue weighted by atomic mass is 10.0. The van der Waals surface area contributed by atoms with Crippen molar-refractivity contribution in [1.29, 1.82) is 0 Å². The van der Waals surface area contributed by atoms with Gasteiger partial charge in [-0.1, -0.05) is 18.7 Å². The van der Waals surface area contributed by atoms with E-state index >= 15 is 0 Å². The zero-order valence-electron chi connectivity index (χ0n) is 14.6. The third kappa shape index (κ3) is 3.13. The molecular formula is C21H15FN4O. The number of hydrogen-bond acceptors (Lipinski definition) is 5. The van der Waals surface area contributed by atoms with Crippen molar-refractivity contribution in [3.05, 3.63) is 72.9 Å². The van der Waals surface area contributed by atoms with Crippen molar-refractivity contribution in [3.63, 3.8) is 0 Å². The second-order valence-corrected chi connectivity index (χ2v) is 5.85. The standard InChI is InChI=1S/C21H15FN4O/c1-3-18-17-10-15(13-5-4-6-16(22)9-13)11-19(27-2)20(17)26-21(25-18)14-7-8-23-24-12-14/h3-12H,1H2,2H3. The minimum atomic E-state index is -0.299. The Hall–Kier alpha value is -3.67. The molecule has 2 heterocycles. The second kappa shape index (κ2) is 6.92. The lowest BCUT2D eigenvalue weighted by Gasteiger charge is -2.12. The van der Waals surface area contributed by atoms with Crippen LogP contribution < -0.4 is 4.74 Å². The monoisotopic (exact) mass is 358 g/mol. The molecule has 0 aliphatic heterocycles. The van der Waals surface area contributed by atoms with Crippen LogP contribution in [0.1, 0.15) is 5.69 Å². The first kappa shape index (κ1) is 16.8. The summed E-state index contributed by atoms with van der Waals surface area (Å²) in [6.07, 6.45) is 4.85. The Morgan fingerprint density at radius 1 is 1.00 bits per heavy atom. The highest BCUT2D eigenvalue weighted by molar-refractivity contribution is 5.95. The van der Waals surface area contributed by atoms with Gasteiger partial charge in [0.1, 0.15) is 17.1 Å². The maximum atomic E-state index is 13.7. The van der Waals surface area contributed by atoms with Crippen molar-refractivity contribution in [2.45, 2.75) is 0 Å². The molecule has 0 radical (unpaired) electrons. The van der Waals surface area contributed by atoms with Crippen LogP contribution in [-0.4, -0.2) is 27.3 Å². The third-order valence-electron chi connectivity index (χ3n) is 4.21. The summed E-state index contributed by atoms with van der Waals surface area (Å²) in [6.45, 7) is 3.87. The van der Waals surface area contributed by atoms with Gasteiger partial charge in [-0.25, -0.2) is 14.4 Å². The van der Waals surface area contributed by atoms with Crippen LogP contribution in [0, 0.1) is 5.82 Å². The van der Waals surface area contributed by atoms with Gasteiger partial charge in [0, 0.05) is 10.9 Å². The largest absolute Gasteiger partial charge is 0.494 e.